The second kappa shape index (κ2) is 33.3. The van der Waals surface area contributed by atoms with Crippen LogP contribution in [0.2, 0.25) is 0 Å². The van der Waals surface area contributed by atoms with Crippen molar-refractivity contribution in [3.63, 3.8) is 0 Å². The van der Waals surface area contributed by atoms with Crippen LogP contribution in [0.1, 0.15) is 147 Å². The van der Waals surface area contributed by atoms with Crippen molar-refractivity contribution in [3.05, 3.63) is 118 Å². The van der Waals surface area contributed by atoms with Crippen molar-refractivity contribution in [2.75, 3.05) is 13.1 Å². The van der Waals surface area contributed by atoms with E-state index in [0.717, 1.165) is 32.2 Å². The number of rotatable bonds is 11. The molecule has 3 aromatic rings. The van der Waals surface area contributed by atoms with Gasteiger partial charge in [0.2, 0.25) is 0 Å². The van der Waals surface area contributed by atoms with Gasteiger partial charge in [0, 0.05) is 24.9 Å². The van der Waals surface area contributed by atoms with E-state index in [1.807, 2.05) is 27.7 Å². The molecule has 0 saturated heterocycles. The molecule has 0 fully saturated rings. The summed E-state index contributed by atoms with van der Waals surface area (Å²) in [5, 5.41) is 9.11. The Balaban J connectivity index is -0.000000644. The van der Waals surface area contributed by atoms with Crippen molar-refractivity contribution < 1.29 is 4.79 Å². The molecule has 0 saturated carbocycles. The van der Waals surface area contributed by atoms with Crippen molar-refractivity contribution in [1.82, 2.24) is 4.90 Å². The molecule has 0 aromatic heterocycles. The maximum Gasteiger partial charge on any atom is 0.116 e. The van der Waals surface area contributed by atoms with Crippen LogP contribution in [-0.4, -0.2) is 24.3 Å². The highest BCUT2D eigenvalue weighted by molar-refractivity contribution is 5.44. The molecule has 0 spiro atoms. The van der Waals surface area contributed by atoms with Gasteiger partial charge in [0.15, 0.2) is 0 Å². The molecule has 0 heterocycles. The van der Waals surface area contributed by atoms with E-state index < -0.39 is 0 Å². The number of nitriles is 1. The number of aldehydes is 1. The highest BCUT2D eigenvalue weighted by Gasteiger charge is 2.14. The molecular formula is C45H72N2O. The molecule has 0 N–H and O–H groups in total. The summed E-state index contributed by atoms with van der Waals surface area (Å²) < 4.78 is 0. The Morgan fingerprint density at radius 3 is 1.71 bits per heavy atom. The van der Waals surface area contributed by atoms with Crippen molar-refractivity contribution in [2.24, 2.45) is 0 Å². The lowest BCUT2D eigenvalue weighted by atomic mass is 9.96. The Hall–Kier alpha value is -3.64. The first kappa shape index (κ1) is 48.8. The van der Waals surface area contributed by atoms with E-state index in [9.17, 15) is 0 Å². The number of unbranched alkanes of at least 4 members (excludes halogenated alkanes) is 2. The molecule has 0 aliphatic rings. The fraction of sp³-hybridized carbons (Fsp3) is 0.511. The van der Waals surface area contributed by atoms with E-state index in [-0.39, 0.29) is 0 Å². The zero-order chi connectivity index (χ0) is 37.3. The molecule has 0 aliphatic carbocycles. The van der Waals surface area contributed by atoms with Gasteiger partial charge < -0.3 is 9.69 Å². The summed E-state index contributed by atoms with van der Waals surface area (Å²) >= 11 is 0. The minimum Gasteiger partial charge on any atom is -0.374 e. The summed E-state index contributed by atoms with van der Waals surface area (Å²) in [6, 6.07) is 27.9. The van der Waals surface area contributed by atoms with Crippen molar-refractivity contribution >= 4 is 6.29 Å². The van der Waals surface area contributed by atoms with Crippen LogP contribution in [0, 0.1) is 39.0 Å². The van der Waals surface area contributed by atoms with Gasteiger partial charge in [-0.2, -0.15) is 5.26 Å². The smallest absolute Gasteiger partial charge is 0.116 e. The molecule has 268 valence electrons. The quantitative estimate of drug-likeness (QED) is 0.117. The van der Waals surface area contributed by atoms with Gasteiger partial charge in [0.1, 0.15) is 6.29 Å². The number of aryl methyl sites for hydroxylation is 4. The highest BCUT2D eigenvalue weighted by atomic mass is 16.1. The van der Waals surface area contributed by atoms with Crippen molar-refractivity contribution in [2.45, 2.75) is 141 Å². The van der Waals surface area contributed by atoms with E-state index in [1.165, 1.54) is 65.3 Å². The molecule has 1 unspecified atom stereocenters. The third kappa shape index (κ3) is 23.6. The molecule has 1 atom stereocenters. The molecule has 48 heavy (non-hydrogen) atoms. The van der Waals surface area contributed by atoms with Crippen molar-refractivity contribution in [1.29, 1.82) is 5.26 Å². The SMILES string of the molecule is CC.CC.CC=O.CCCCC/C(=C/C#N)N(CCC)CC(C)c1ccccc1.Cc1ccc(C)c(C(C)C)c1.Cc1ccccc1C. The van der Waals surface area contributed by atoms with Crippen LogP contribution < -0.4 is 0 Å². The minimum absolute atomic E-state index is 0.473. The zero-order valence-corrected chi connectivity index (χ0v) is 33.5. The summed E-state index contributed by atoms with van der Waals surface area (Å²) in [6.07, 6.45) is 8.25. The molecule has 3 heteroatoms. The number of carbonyl (C=O) groups is 1. The van der Waals surface area contributed by atoms with Gasteiger partial charge in [-0.1, -0.05) is 154 Å². The fourth-order valence-electron chi connectivity index (χ4n) is 4.84. The molecule has 3 rings (SSSR count). The molecule has 0 amide bonds. The van der Waals surface area contributed by atoms with Crippen LogP contribution in [0.15, 0.2) is 84.6 Å². The zero-order valence-electron chi connectivity index (χ0n) is 33.5. The Bertz CT molecular complexity index is 1220. The minimum atomic E-state index is 0.473. The van der Waals surface area contributed by atoms with E-state index in [1.54, 1.807) is 6.08 Å². The highest BCUT2D eigenvalue weighted by Crippen LogP contribution is 2.22. The van der Waals surface area contributed by atoms with E-state index in [4.69, 9.17) is 10.1 Å². The summed E-state index contributed by atoms with van der Waals surface area (Å²) in [6.45, 7) is 31.2. The average molecular weight is 657 g/mol. The maximum absolute atomic E-state index is 9.11. The Morgan fingerprint density at radius 1 is 0.771 bits per heavy atom. The molecule has 0 aliphatic heterocycles. The Kier molecular flexibility index (Phi) is 33.8. The van der Waals surface area contributed by atoms with E-state index >= 15 is 0 Å². The standard InChI is InChI=1S/C20H30N2.C11H16.C8H10.C2H4O.2C2H6/c1-4-6-8-13-20(14-15-21)22(16-5-2)17-18(3)19-11-9-7-10-12-19;1-8(2)11-7-9(3)5-6-10(11)4;1-7-5-3-4-6-8(7)2;1-2-3;2*1-2/h7,9-12,14,18H,4-6,8,13,16-17H2,1-3H3;5-8H,1-4H3;3-6H,1-2H3;2H,1H3;2*1-2H3/b20-14-;;;;;. The van der Waals surface area contributed by atoms with Crippen LogP contribution >= 0.6 is 0 Å². The normalized spacial score (nSPS) is 10.3. The van der Waals surface area contributed by atoms with E-state index in [0.29, 0.717) is 11.8 Å². The van der Waals surface area contributed by atoms with Gasteiger partial charge >= 0.3 is 0 Å². The van der Waals surface area contributed by atoms with Gasteiger partial charge in [-0.25, -0.2) is 0 Å². The van der Waals surface area contributed by atoms with Crippen LogP contribution in [0.25, 0.3) is 0 Å². The Labute approximate surface area is 298 Å². The summed E-state index contributed by atoms with van der Waals surface area (Å²) in [5.74, 6) is 1.12. The van der Waals surface area contributed by atoms with Crippen LogP contribution in [-0.2, 0) is 4.79 Å². The predicted molar refractivity (Wildman–Crippen MR) is 215 cm³/mol. The lowest BCUT2D eigenvalue weighted by molar-refractivity contribution is -0.106. The van der Waals surface area contributed by atoms with Gasteiger partial charge in [-0.15, -0.1) is 0 Å². The maximum atomic E-state index is 9.11. The number of hydrogen-bond acceptors (Lipinski definition) is 3. The molecule has 0 radical (unpaired) electrons. The van der Waals surface area contributed by atoms with E-state index in [2.05, 4.69) is 146 Å². The molecule has 3 nitrogen and oxygen atoms in total. The third-order valence-electron chi connectivity index (χ3n) is 7.51. The second-order valence-corrected chi connectivity index (χ2v) is 11.8. The molecule has 0 bridgehead atoms. The Morgan fingerprint density at radius 2 is 1.29 bits per heavy atom. The third-order valence-corrected chi connectivity index (χ3v) is 7.51. The van der Waals surface area contributed by atoms with Gasteiger partial charge in [-0.3, -0.25) is 0 Å². The van der Waals surface area contributed by atoms with Crippen molar-refractivity contribution in [3.8, 4) is 6.07 Å². The lowest BCUT2D eigenvalue weighted by Gasteiger charge is -2.30. The lowest BCUT2D eigenvalue weighted by Crippen LogP contribution is -2.28. The average Bonchev–Trinajstić information content (AvgIpc) is 3.09. The first-order chi connectivity index (χ1) is 23.1. The predicted octanol–water partition coefficient (Wildman–Crippen LogP) is 13.5. The first-order valence-electron chi connectivity index (χ1n) is 18.4. The largest absolute Gasteiger partial charge is 0.374 e. The monoisotopic (exact) mass is 657 g/mol. The summed E-state index contributed by atoms with van der Waals surface area (Å²) in [7, 11) is 0. The topological polar surface area (TPSA) is 44.1 Å². The van der Waals surface area contributed by atoms with Crippen LogP contribution in [0.3, 0.4) is 0 Å². The van der Waals surface area contributed by atoms with Crippen LogP contribution in [0.4, 0.5) is 0 Å². The fourth-order valence-corrected chi connectivity index (χ4v) is 4.84. The number of benzene rings is 3. The van der Waals surface area contributed by atoms with Gasteiger partial charge in [0.05, 0.1) is 6.07 Å². The number of allylic oxidation sites excluding steroid dienone is 2. The van der Waals surface area contributed by atoms with Gasteiger partial charge in [0.25, 0.3) is 0 Å². The molecule has 3 aromatic carbocycles. The number of carbonyl (C=O) groups excluding carboxylic acids is 1. The second-order valence-electron chi connectivity index (χ2n) is 11.8. The van der Waals surface area contributed by atoms with Gasteiger partial charge in [-0.05, 0) is 93.5 Å². The molecular weight excluding hydrogens is 585 g/mol. The first-order valence-corrected chi connectivity index (χ1v) is 18.4. The van der Waals surface area contributed by atoms with Crippen LogP contribution in [0.5, 0.6) is 0 Å². The number of hydrogen-bond donors (Lipinski definition) is 0. The summed E-state index contributed by atoms with van der Waals surface area (Å²) in [4.78, 5) is 11.2. The number of nitrogens with zero attached hydrogens (tertiary/aromatic N) is 2. The summed E-state index contributed by atoms with van der Waals surface area (Å²) in [5.41, 5.74) is 9.56.